The fourth-order valence-electron chi connectivity index (χ4n) is 1.94. The highest BCUT2D eigenvalue weighted by atomic mass is 16.5. The number of nitrogens with one attached hydrogen (secondary N) is 2. The number of amides is 1. The van der Waals surface area contributed by atoms with Crippen molar-refractivity contribution in [3.8, 4) is 17.2 Å². The molecule has 0 unspecified atom stereocenters. The van der Waals surface area contributed by atoms with Crippen LogP contribution in [0.5, 0.6) is 17.2 Å². The van der Waals surface area contributed by atoms with Crippen molar-refractivity contribution in [2.75, 3.05) is 27.9 Å². The van der Waals surface area contributed by atoms with Crippen LogP contribution in [-0.4, -0.2) is 39.8 Å². The lowest BCUT2D eigenvalue weighted by molar-refractivity contribution is -0.122. The van der Waals surface area contributed by atoms with Crippen LogP contribution in [0.2, 0.25) is 0 Å². The van der Waals surface area contributed by atoms with Crippen molar-refractivity contribution in [2.24, 2.45) is 0 Å². The van der Waals surface area contributed by atoms with E-state index in [4.69, 9.17) is 14.2 Å². The second kappa shape index (κ2) is 7.17. The summed E-state index contributed by atoms with van der Waals surface area (Å²) in [7, 11) is 4.70. The molecular formula is C15H22N2O4. The molecule has 21 heavy (non-hydrogen) atoms. The average molecular weight is 294 g/mol. The fourth-order valence-corrected chi connectivity index (χ4v) is 1.94. The largest absolute Gasteiger partial charge is 0.493 e. The number of ether oxygens (including phenoxy) is 3. The molecule has 6 nitrogen and oxygen atoms in total. The molecule has 2 rings (SSSR count). The Morgan fingerprint density at radius 1 is 1.24 bits per heavy atom. The lowest BCUT2D eigenvalue weighted by Gasteiger charge is -2.16. The van der Waals surface area contributed by atoms with Gasteiger partial charge in [0.05, 0.1) is 14.2 Å². The van der Waals surface area contributed by atoms with E-state index in [0.29, 0.717) is 23.3 Å². The molecule has 0 radical (unpaired) electrons. The molecule has 2 N–H and O–H groups in total. The predicted octanol–water partition coefficient (Wildman–Crippen LogP) is 1.08. The first-order valence-electron chi connectivity index (χ1n) is 6.99. The van der Waals surface area contributed by atoms with Gasteiger partial charge < -0.3 is 24.8 Å². The van der Waals surface area contributed by atoms with Crippen molar-refractivity contribution in [3.63, 3.8) is 0 Å². The monoisotopic (exact) mass is 294 g/mol. The molecule has 0 aliphatic heterocycles. The molecule has 1 fully saturated rings. The molecule has 6 heteroatoms. The zero-order chi connectivity index (χ0) is 15.2. The summed E-state index contributed by atoms with van der Waals surface area (Å²) in [5.41, 5.74) is 1.06. The summed E-state index contributed by atoms with van der Waals surface area (Å²) >= 11 is 0. The van der Waals surface area contributed by atoms with Crippen molar-refractivity contribution in [3.05, 3.63) is 17.7 Å². The van der Waals surface area contributed by atoms with Gasteiger partial charge in [-0.1, -0.05) is 0 Å². The topological polar surface area (TPSA) is 68.8 Å². The number of hydrogen-bond donors (Lipinski definition) is 2. The molecule has 0 spiro atoms. The van der Waals surface area contributed by atoms with E-state index in [1.54, 1.807) is 21.3 Å². The average Bonchev–Trinajstić information content (AvgIpc) is 3.34. The van der Waals surface area contributed by atoms with E-state index >= 15 is 0 Å². The highest BCUT2D eigenvalue weighted by Gasteiger charge is 2.21. The number of likely N-dealkylation sites (N-methyl/N-ethyl adjacent to an activating group) is 1. The molecule has 0 saturated heterocycles. The predicted molar refractivity (Wildman–Crippen MR) is 79.0 cm³/mol. The van der Waals surface area contributed by atoms with E-state index < -0.39 is 0 Å². The van der Waals surface area contributed by atoms with Gasteiger partial charge in [-0.15, -0.1) is 0 Å². The molecule has 0 atom stereocenters. The molecule has 0 aromatic heterocycles. The van der Waals surface area contributed by atoms with Gasteiger partial charge in [-0.05, 0) is 30.5 Å². The number of benzene rings is 1. The Balaban J connectivity index is 2.14. The molecule has 0 heterocycles. The minimum absolute atomic E-state index is 0.0805. The second-order valence-corrected chi connectivity index (χ2v) is 4.95. The first kappa shape index (κ1) is 15.4. The lowest BCUT2D eigenvalue weighted by Crippen LogP contribution is -2.25. The van der Waals surface area contributed by atoms with Crippen LogP contribution in [0, 0.1) is 0 Å². The Kier molecular flexibility index (Phi) is 5.27. The Morgan fingerprint density at radius 2 is 1.86 bits per heavy atom. The van der Waals surface area contributed by atoms with E-state index in [2.05, 4.69) is 10.6 Å². The highest BCUT2D eigenvalue weighted by Crippen LogP contribution is 2.38. The smallest absolute Gasteiger partial charge is 0.257 e. The third-order valence-corrected chi connectivity index (χ3v) is 3.32. The van der Waals surface area contributed by atoms with Gasteiger partial charge in [-0.2, -0.15) is 0 Å². The molecule has 1 aromatic carbocycles. The van der Waals surface area contributed by atoms with Gasteiger partial charge in [0.1, 0.15) is 0 Å². The van der Waals surface area contributed by atoms with Crippen LogP contribution >= 0.6 is 0 Å². The lowest BCUT2D eigenvalue weighted by atomic mass is 10.1. The Hall–Kier alpha value is -1.95. The molecular weight excluding hydrogens is 272 g/mol. The third kappa shape index (κ3) is 4.26. The summed E-state index contributed by atoms with van der Waals surface area (Å²) in [4.78, 5) is 11.3. The van der Waals surface area contributed by atoms with Crippen molar-refractivity contribution in [2.45, 2.75) is 25.4 Å². The van der Waals surface area contributed by atoms with E-state index in [1.165, 1.54) is 12.8 Å². The molecule has 1 aromatic rings. The van der Waals surface area contributed by atoms with Crippen LogP contribution in [-0.2, 0) is 11.3 Å². The van der Waals surface area contributed by atoms with Crippen LogP contribution in [0.25, 0.3) is 0 Å². The third-order valence-electron chi connectivity index (χ3n) is 3.32. The molecule has 116 valence electrons. The van der Waals surface area contributed by atoms with Crippen molar-refractivity contribution in [1.82, 2.24) is 10.6 Å². The van der Waals surface area contributed by atoms with Crippen LogP contribution < -0.4 is 24.8 Å². The number of rotatable bonds is 8. The highest BCUT2D eigenvalue weighted by molar-refractivity contribution is 5.77. The van der Waals surface area contributed by atoms with Gasteiger partial charge in [0, 0.05) is 19.6 Å². The van der Waals surface area contributed by atoms with Gasteiger partial charge in [0.2, 0.25) is 5.75 Å². The Bertz CT molecular complexity index is 475. The van der Waals surface area contributed by atoms with E-state index in [1.807, 2.05) is 12.1 Å². The standard InChI is InChI=1S/C15H22N2O4/c1-16-14(18)9-21-15-12(19-2)6-10(7-13(15)20-3)8-17-11-4-5-11/h6-7,11,17H,4-5,8-9H2,1-3H3,(H,16,18). The van der Waals surface area contributed by atoms with Gasteiger partial charge in [-0.3, -0.25) is 4.79 Å². The number of hydrogen-bond acceptors (Lipinski definition) is 5. The van der Waals surface area contributed by atoms with E-state index in [9.17, 15) is 4.79 Å². The quantitative estimate of drug-likeness (QED) is 0.751. The SMILES string of the molecule is CNC(=O)COc1c(OC)cc(CNC2CC2)cc1OC. The first-order valence-corrected chi connectivity index (χ1v) is 6.99. The van der Waals surface area contributed by atoms with Crippen molar-refractivity contribution < 1.29 is 19.0 Å². The van der Waals surface area contributed by atoms with E-state index in [-0.39, 0.29) is 12.5 Å². The zero-order valence-electron chi connectivity index (χ0n) is 12.7. The van der Waals surface area contributed by atoms with Crippen LogP contribution in [0.3, 0.4) is 0 Å². The van der Waals surface area contributed by atoms with Gasteiger partial charge in [-0.25, -0.2) is 0 Å². The molecule has 1 saturated carbocycles. The fraction of sp³-hybridized carbons (Fsp3) is 0.533. The van der Waals surface area contributed by atoms with Gasteiger partial charge >= 0.3 is 0 Å². The molecule has 1 aliphatic rings. The number of methoxy groups -OCH3 is 2. The summed E-state index contributed by atoms with van der Waals surface area (Å²) in [5.74, 6) is 1.36. The Labute approximate surface area is 124 Å². The van der Waals surface area contributed by atoms with Crippen LogP contribution in [0.15, 0.2) is 12.1 Å². The summed E-state index contributed by atoms with van der Waals surface area (Å²) in [6.45, 7) is 0.677. The maximum absolute atomic E-state index is 11.3. The summed E-state index contributed by atoms with van der Waals surface area (Å²) < 4.78 is 16.2. The summed E-state index contributed by atoms with van der Waals surface area (Å²) in [5, 5.41) is 5.94. The Morgan fingerprint density at radius 3 is 2.33 bits per heavy atom. The summed E-state index contributed by atoms with van der Waals surface area (Å²) in [6, 6.07) is 4.43. The van der Waals surface area contributed by atoms with Gasteiger partial charge in [0.15, 0.2) is 18.1 Å². The zero-order valence-corrected chi connectivity index (χ0v) is 12.7. The van der Waals surface area contributed by atoms with Crippen molar-refractivity contribution in [1.29, 1.82) is 0 Å². The molecule has 1 amide bonds. The minimum atomic E-state index is -0.210. The minimum Gasteiger partial charge on any atom is -0.493 e. The second-order valence-electron chi connectivity index (χ2n) is 4.95. The number of carbonyl (C=O) groups excluding carboxylic acids is 1. The normalized spacial score (nSPS) is 13.7. The van der Waals surface area contributed by atoms with Crippen LogP contribution in [0.4, 0.5) is 0 Å². The molecule has 1 aliphatic carbocycles. The summed E-state index contributed by atoms with van der Waals surface area (Å²) in [6.07, 6.45) is 2.48. The molecule has 0 bridgehead atoms. The maximum Gasteiger partial charge on any atom is 0.257 e. The van der Waals surface area contributed by atoms with Gasteiger partial charge in [0.25, 0.3) is 5.91 Å². The van der Waals surface area contributed by atoms with E-state index in [0.717, 1.165) is 12.1 Å². The van der Waals surface area contributed by atoms with Crippen molar-refractivity contribution >= 4 is 5.91 Å². The maximum atomic E-state index is 11.3. The van der Waals surface area contributed by atoms with Crippen LogP contribution in [0.1, 0.15) is 18.4 Å². The number of carbonyl (C=O) groups is 1. The first-order chi connectivity index (χ1) is 10.2.